The third-order valence-electron chi connectivity index (χ3n) is 2.11. The molecular weight excluding hydrogens is 198 g/mol. The molecular formula is C11H12ClNO. The summed E-state index contributed by atoms with van der Waals surface area (Å²) >= 11 is 6.02. The lowest BCUT2D eigenvalue weighted by Gasteiger charge is -1.94. The Bertz CT molecular complexity index is 436. The van der Waals surface area contributed by atoms with E-state index in [-0.39, 0.29) is 0 Å². The van der Waals surface area contributed by atoms with Crippen molar-refractivity contribution < 1.29 is 4.42 Å². The van der Waals surface area contributed by atoms with Crippen molar-refractivity contribution in [2.45, 2.75) is 13.5 Å². The molecule has 0 fully saturated rings. The number of rotatable bonds is 3. The number of hydrogen-bond acceptors (Lipinski definition) is 2. The summed E-state index contributed by atoms with van der Waals surface area (Å²) in [4.78, 5) is 0. The van der Waals surface area contributed by atoms with Crippen LogP contribution in [0, 0.1) is 0 Å². The zero-order valence-electron chi connectivity index (χ0n) is 8.01. The van der Waals surface area contributed by atoms with E-state index >= 15 is 0 Å². The van der Waals surface area contributed by atoms with E-state index in [1.54, 1.807) is 0 Å². The molecule has 0 radical (unpaired) electrons. The summed E-state index contributed by atoms with van der Waals surface area (Å²) in [7, 11) is 0. The van der Waals surface area contributed by atoms with Crippen molar-refractivity contribution in [3.8, 4) is 0 Å². The largest absolute Gasteiger partial charge is 0.460 e. The van der Waals surface area contributed by atoms with Gasteiger partial charge in [-0.25, -0.2) is 0 Å². The standard InChI is InChI=1S/C11H12ClNO/c1-2-13-7-8-6-9-10(12)4-3-5-11(9)14-8/h3-6,13H,2,7H2,1H3. The van der Waals surface area contributed by atoms with E-state index in [0.29, 0.717) is 0 Å². The van der Waals surface area contributed by atoms with Crippen molar-refractivity contribution in [2.24, 2.45) is 0 Å². The average Bonchev–Trinajstić information content (AvgIpc) is 2.59. The maximum atomic E-state index is 6.02. The normalized spacial score (nSPS) is 11.0. The van der Waals surface area contributed by atoms with E-state index in [4.69, 9.17) is 16.0 Å². The Morgan fingerprint density at radius 3 is 3.00 bits per heavy atom. The first-order chi connectivity index (χ1) is 6.81. The minimum absolute atomic E-state index is 0.744. The summed E-state index contributed by atoms with van der Waals surface area (Å²) in [6, 6.07) is 7.68. The molecule has 1 aromatic carbocycles. The molecule has 2 rings (SSSR count). The smallest absolute Gasteiger partial charge is 0.135 e. The molecule has 3 heteroatoms. The first-order valence-electron chi connectivity index (χ1n) is 4.69. The lowest BCUT2D eigenvalue weighted by Crippen LogP contribution is -2.10. The number of hydrogen-bond donors (Lipinski definition) is 1. The zero-order valence-corrected chi connectivity index (χ0v) is 8.77. The van der Waals surface area contributed by atoms with Crippen molar-refractivity contribution in [1.82, 2.24) is 5.32 Å². The molecule has 0 amide bonds. The van der Waals surface area contributed by atoms with E-state index in [1.807, 2.05) is 24.3 Å². The highest BCUT2D eigenvalue weighted by Gasteiger charge is 2.05. The van der Waals surface area contributed by atoms with E-state index in [1.165, 1.54) is 0 Å². The van der Waals surface area contributed by atoms with Crippen LogP contribution in [-0.2, 0) is 6.54 Å². The fourth-order valence-corrected chi connectivity index (χ4v) is 1.63. The van der Waals surface area contributed by atoms with Gasteiger partial charge in [-0.3, -0.25) is 0 Å². The summed E-state index contributed by atoms with van der Waals surface area (Å²) in [5.41, 5.74) is 0.852. The van der Waals surface area contributed by atoms with Gasteiger partial charge in [0, 0.05) is 5.39 Å². The van der Waals surface area contributed by atoms with Crippen LogP contribution >= 0.6 is 11.6 Å². The zero-order chi connectivity index (χ0) is 9.97. The topological polar surface area (TPSA) is 25.2 Å². The fraction of sp³-hybridized carbons (Fsp3) is 0.273. The second-order valence-corrected chi connectivity index (χ2v) is 3.55. The van der Waals surface area contributed by atoms with Crippen molar-refractivity contribution in [3.05, 3.63) is 35.0 Å². The van der Waals surface area contributed by atoms with Gasteiger partial charge in [-0.05, 0) is 24.7 Å². The molecule has 0 aliphatic rings. The maximum absolute atomic E-state index is 6.02. The van der Waals surface area contributed by atoms with Gasteiger partial charge in [0.05, 0.1) is 11.6 Å². The molecule has 0 saturated heterocycles. The fourth-order valence-electron chi connectivity index (χ4n) is 1.41. The van der Waals surface area contributed by atoms with Crippen LogP contribution in [0.4, 0.5) is 0 Å². The van der Waals surface area contributed by atoms with Crippen molar-refractivity contribution in [2.75, 3.05) is 6.54 Å². The second kappa shape index (κ2) is 4.03. The van der Waals surface area contributed by atoms with Crippen molar-refractivity contribution >= 4 is 22.6 Å². The van der Waals surface area contributed by atoms with Gasteiger partial charge < -0.3 is 9.73 Å². The molecule has 1 aromatic heterocycles. The first kappa shape index (κ1) is 9.56. The predicted molar refractivity (Wildman–Crippen MR) is 58.6 cm³/mol. The Morgan fingerprint density at radius 2 is 2.29 bits per heavy atom. The van der Waals surface area contributed by atoms with Gasteiger partial charge >= 0.3 is 0 Å². The summed E-state index contributed by atoms with van der Waals surface area (Å²) in [6.45, 7) is 3.75. The Morgan fingerprint density at radius 1 is 1.43 bits per heavy atom. The number of fused-ring (bicyclic) bond motifs is 1. The number of nitrogens with one attached hydrogen (secondary N) is 1. The Labute approximate surface area is 87.9 Å². The predicted octanol–water partition coefficient (Wildman–Crippen LogP) is 3.20. The summed E-state index contributed by atoms with van der Waals surface area (Å²) in [5.74, 6) is 0.926. The van der Waals surface area contributed by atoms with Crippen molar-refractivity contribution in [3.63, 3.8) is 0 Å². The highest BCUT2D eigenvalue weighted by Crippen LogP contribution is 2.26. The molecule has 0 aliphatic carbocycles. The van der Waals surface area contributed by atoms with E-state index in [2.05, 4.69) is 12.2 Å². The third kappa shape index (κ3) is 1.76. The van der Waals surface area contributed by atoms with Gasteiger partial charge in [0.25, 0.3) is 0 Å². The van der Waals surface area contributed by atoms with Gasteiger partial charge in [-0.15, -0.1) is 0 Å². The molecule has 1 N–H and O–H groups in total. The molecule has 0 atom stereocenters. The number of furan rings is 1. The summed E-state index contributed by atoms with van der Waals surface area (Å²) in [6.07, 6.45) is 0. The average molecular weight is 210 g/mol. The van der Waals surface area contributed by atoms with Gasteiger partial charge in [-0.1, -0.05) is 24.6 Å². The molecule has 0 spiro atoms. The molecule has 0 aliphatic heterocycles. The summed E-state index contributed by atoms with van der Waals surface area (Å²) in [5, 5.41) is 4.94. The van der Waals surface area contributed by atoms with Crippen LogP contribution in [0.1, 0.15) is 12.7 Å². The van der Waals surface area contributed by atoms with Crippen LogP contribution in [-0.4, -0.2) is 6.54 Å². The van der Waals surface area contributed by atoms with Crippen LogP contribution in [0.2, 0.25) is 5.02 Å². The Balaban J connectivity index is 2.36. The molecule has 74 valence electrons. The SMILES string of the molecule is CCNCc1cc2c(Cl)cccc2o1. The molecule has 2 aromatic rings. The number of benzene rings is 1. The maximum Gasteiger partial charge on any atom is 0.135 e. The third-order valence-corrected chi connectivity index (χ3v) is 2.44. The Hall–Kier alpha value is -0.990. The van der Waals surface area contributed by atoms with Crippen molar-refractivity contribution in [1.29, 1.82) is 0 Å². The van der Waals surface area contributed by atoms with Gasteiger partial charge in [0.15, 0.2) is 0 Å². The van der Waals surface area contributed by atoms with Crippen LogP contribution in [0.15, 0.2) is 28.7 Å². The van der Waals surface area contributed by atoms with E-state index in [0.717, 1.165) is 34.8 Å². The van der Waals surface area contributed by atoms with Gasteiger partial charge in [0.1, 0.15) is 11.3 Å². The molecule has 14 heavy (non-hydrogen) atoms. The molecule has 0 bridgehead atoms. The number of halogens is 1. The van der Waals surface area contributed by atoms with E-state index < -0.39 is 0 Å². The lowest BCUT2D eigenvalue weighted by molar-refractivity contribution is 0.520. The second-order valence-electron chi connectivity index (χ2n) is 3.14. The minimum Gasteiger partial charge on any atom is -0.460 e. The van der Waals surface area contributed by atoms with Crippen LogP contribution in [0.3, 0.4) is 0 Å². The summed E-state index contributed by atoms with van der Waals surface area (Å²) < 4.78 is 5.60. The van der Waals surface area contributed by atoms with Crippen LogP contribution in [0.25, 0.3) is 11.0 Å². The highest BCUT2D eigenvalue weighted by atomic mass is 35.5. The van der Waals surface area contributed by atoms with Gasteiger partial charge in [0.2, 0.25) is 0 Å². The van der Waals surface area contributed by atoms with Crippen LogP contribution in [0.5, 0.6) is 0 Å². The monoisotopic (exact) mass is 209 g/mol. The molecule has 0 unspecified atom stereocenters. The highest BCUT2D eigenvalue weighted by molar-refractivity contribution is 6.35. The molecule has 1 heterocycles. The lowest BCUT2D eigenvalue weighted by atomic mass is 10.2. The quantitative estimate of drug-likeness (QED) is 0.840. The molecule has 0 saturated carbocycles. The van der Waals surface area contributed by atoms with E-state index in [9.17, 15) is 0 Å². The first-order valence-corrected chi connectivity index (χ1v) is 5.06. The Kier molecular flexibility index (Phi) is 2.75. The minimum atomic E-state index is 0.744. The van der Waals surface area contributed by atoms with Crippen LogP contribution < -0.4 is 5.32 Å². The van der Waals surface area contributed by atoms with Gasteiger partial charge in [-0.2, -0.15) is 0 Å². The molecule has 2 nitrogen and oxygen atoms in total.